The number of imide groups is 1. The van der Waals surface area contributed by atoms with Gasteiger partial charge >= 0.3 is 6.03 Å². The minimum absolute atomic E-state index is 0.0702. The van der Waals surface area contributed by atoms with Crippen LogP contribution in [0.3, 0.4) is 0 Å². The molecule has 2 aromatic heterocycles. The van der Waals surface area contributed by atoms with E-state index in [1.165, 1.54) is 19.4 Å². The number of hydrogen-bond acceptors (Lipinski definition) is 14. The maximum atomic E-state index is 14.7. The van der Waals surface area contributed by atoms with Crippen LogP contribution in [0.1, 0.15) is 83.0 Å². The molecule has 5 rings (SSSR count). The summed E-state index contributed by atoms with van der Waals surface area (Å²) in [5, 5.41) is 32.3. The van der Waals surface area contributed by atoms with Crippen molar-refractivity contribution in [2.75, 3.05) is 18.1 Å². The van der Waals surface area contributed by atoms with Crippen molar-refractivity contribution in [1.29, 1.82) is 5.41 Å². The van der Waals surface area contributed by atoms with E-state index in [2.05, 4.69) is 88.1 Å². The molecule has 0 radical (unpaired) electrons. The number of benzene rings is 2. The second kappa shape index (κ2) is 31.7. The second-order valence-corrected chi connectivity index (χ2v) is 21.1. The van der Waals surface area contributed by atoms with Crippen molar-refractivity contribution in [3.63, 3.8) is 0 Å². The summed E-state index contributed by atoms with van der Waals surface area (Å²) >= 11 is 8.44. The molecule has 1 saturated heterocycles. The molecule has 0 unspecified atom stereocenters. The van der Waals surface area contributed by atoms with Gasteiger partial charge in [0.1, 0.15) is 54.4 Å². The number of amides is 11. The van der Waals surface area contributed by atoms with Crippen LogP contribution in [0.2, 0.25) is 0 Å². The van der Waals surface area contributed by atoms with Gasteiger partial charge in [-0.1, -0.05) is 82.1 Å². The molecule has 0 spiro atoms. The molecule has 0 bridgehead atoms. The predicted octanol–water partition coefficient (Wildman–Crippen LogP) is -0.534. The molecular weight excluding hydrogens is 1100 g/mol. The molecule has 82 heavy (non-hydrogen) atoms. The van der Waals surface area contributed by atoms with Gasteiger partial charge in [-0.05, 0) is 55.7 Å². The molecule has 16 N–H and O–H groups in total. The Morgan fingerprint density at radius 3 is 1.85 bits per heavy atom. The molecule has 2 aromatic carbocycles. The van der Waals surface area contributed by atoms with Crippen LogP contribution < -0.4 is 59.3 Å². The molecule has 1 fully saturated rings. The number of nitrogens with zero attached hydrogens (tertiary/aromatic N) is 2. The number of carbonyl (C=O) groups excluding carboxylic acids is 10. The van der Waals surface area contributed by atoms with E-state index in [9.17, 15) is 47.9 Å². The number of primary amides is 1. The zero-order chi connectivity index (χ0) is 60.0. The quantitative estimate of drug-likeness (QED) is 0.00939. The number of guanidine groups is 1. The highest BCUT2D eigenvalue weighted by Gasteiger charge is 2.45. The first kappa shape index (κ1) is 64.7. The number of imidazole rings is 1. The second-order valence-electron chi connectivity index (χ2n) is 20.4. The molecule has 444 valence electrons. The number of carbonyl (C=O) groups is 10. The Morgan fingerprint density at radius 1 is 0.671 bits per heavy atom. The molecule has 28 heteroatoms. The lowest BCUT2D eigenvalue weighted by Gasteiger charge is -2.28. The van der Waals surface area contributed by atoms with Crippen LogP contribution in [-0.2, 0) is 62.4 Å². The Morgan fingerprint density at radius 2 is 1.24 bits per heavy atom. The maximum absolute atomic E-state index is 14.7. The summed E-state index contributed by atoms with van der Waals surface area (Å²) in [6, 6.07) is 3.73. The largest absolute Gasteiger partial charge is 0.370 e. The highest BCUT2D eigenvalue weighted by Crippen LogP contribution is 2.22. The molecular formula is C54H76N16O10S2. The average molecular weight is 1170 g/mol. The number of nitrogens with one attached hydrogen (secondary N) is 12. The van der Waals surface area contributed by atoms with Crippen molar-refractivity contribution in [3.8, 4) is 0 Å². The summed E-state index contributed by atoms with van der Waals surface area (Å²) in [4.78, 5) is 149. The molecule has 0 saturated carbocycles. The first-order chi connectivity index (χ1) is 39.1. The third kappa shape index (κ3) is 19.0. The lowest BCUT2D eigenvalue weighted by molar-refractivity contribution is -0.138. The van der Waals surface area contributed by atoms with Crippen molar-refractivity contribution >= 4 is 101 Å². The number of rotatable bonds is 33. The third-order valence-electron chi connectivity index (χ3n) is 13.5. The van der Waals surface area contributed by atoms with Gasteiger partial charge < -0.3 is 69.3 Å². The van der Waals surface area contributed by atoms with Crippen molar-refractivity contribution in [2.24, 2.45) is 17.4 Å². The number of unbranched alkanes of at least 4 members (excludes halogenated alkanes) is 1. The average Bonchev–Trinajstić information content (AvgIpc) is 4.25. The van der Waals surface area contributed by atoms with Crippen LogP contribution in [0.4, 0.5) is 4.79 Å². The highest BCUT2D eigenvalue weighted by molar-refractivity contribution is 7.80. The van der Waals surface area contributed by atoms with Crippen molar-refractivity contribution in [2.45, 2.75) is 140 Å². The normalized spacial score (nSPS) is 16.0. The number of para-hydroxylation sites is 1. The Labute approximate surface area is 485 Å². The smallest absolute Gasteiger partial charge is 0.325 e. The third-order valence-corrected chi connectivity index (χ3v) is 14.2. The summed E-state index contributed by atoms with van der Waals surface area (Å²) in [6.45, 7) is 7.13. The summed E-state index contributed by atoms with van der Waals surface area (Å²) in [5.41, 5.74) is 13.4. The van der Waals surface area contributed by atoms with Gasteiger partial charge in [-0.25, -0.2) is 14.7 Å². The van der Waals surface area contributed by atoms with E-state index in [4.69, 9.17) is 16.9 Å². The standard InChI is InChI=1S/C54H76N16O10S2/c1-5-6-18-43(70-52(79)40(20-29(2)3)69-54(70)80)51(78)68-42(27-82)50(77)62-30(4)45(72)64-39(23-33-25-58-28-61-33)49(76)65-37(21-31-13-8-7-9-14-31)47(74)63-36(17-12-19-59-53(56)57)46(73)66-38(48(75)67-41(26-81)44(55)71)22-32-24-60-35-16-11-10-15-34(32)35/h7-11,13-16,24-25,28-30,36-43,60,81-82H,5-6,12,17-23,26-27H2,1-4H3,(H2,55,71)(H,58,61)(H,62,77)(H,63,74)(H,64,72)(H,65,76)(H,66,73)(H,67,75)(H,68,78)(H,69,80)(H4,56,57,59)/t30-,36+,37-,38+,39+,40+,41+,42+,43+/m1/s1. The van der Waals surface area contributed by atoms with Gasteiger partial charge in [-0.15, -0.1) is 0 Å². The van der Waals surface area contributed by atoms with E-state index < -0.39 is 114 Å². The van der Waals surface area contributed by atoms with E-state index in [1.54, 1.807) is 42.6 Å². The van der Waals surface area contributed by atoms with Crippen LogP contribution >= 0.6 is 25.3 Å². The molecule has 26 nitrogen and oxygen atoms in total. The van der Waals surface area contributed by atoms with Crippen LogP contribution in [-0.4, -0.2) is 157 Å². The summed E-state index contributed by atoms with van der Waals surface area (Å²) in [6.07, 6.45) is 5.80. The van der Waals surface area contributed by atoms with Crippen molar-refractivity contribution < 1.29 is 47.9 Å². The Hall–Kier alpha value is -8.14. The van der Waals surface area contributed by atoms with Gasteiger partial charge in [0.2, 0.25) is 47.3 Å². The zero-order valence-corrected chi connectivity index (χ0v) is 48.0. The Bertz CT molecular complexity index is 2870. The van der Waals surface area contributed by atoms with Gasteiger partial charge in [0.25, 0.3) is 5.91 Å². The number of aromatic nitrogens is 3. The SMILES string of the molecule is CCCC[C@@H](C(=O)N[C@@H](CS)C(=O)N[C@H](C)C(=O)N[C@@H](Cc1cnc[nH]1)C(=O)N[C@H](Cc1ccccc1)C(=O)N[C@@H](CCCNC(=N)N)C(=O)N[C@@H](Cc1c[nH]c2ccccc12)C(=O)N[C@@H](CS)C(N)=O)N1C(=O)N[C@@H](CC(C)C)C1=O. The first-order valence-electron chi connectivity index (χ1n) is 27.1. The number of nitrogens with two attached hydrogens (primary N) is 2. The maximum Gasteiger partial charge on any atom is 0.325 e. The van der Waals surface area contributed by atoms with Crippen molar-refractivity contribution in [3.05, 3.63) is 90.1 Å². The minimum Gasteiger partial charge on any atom is -0.370 e. The number of thiol groups is 2. The zero-order valence-electron chi connectivity index (χ0n) is 46.2. The number of urea groups is 1. The fraction of sp³-hybridized carbons (Fsp3) is 0.481. The molecule has 0 aliphatic carbocycles. The fourth-order valence-corrected chi connectivity index (χ4v) is 9.62. The van der Waals surface area contributed by atoms with Crippen LogP contribution in [0, 0.1) is 11.3 Å². The minimum atomic E-state index is -1.43. The molecule has 1 aliphatic heterocycles. The monoisotopic (exact) mass is 1170 g/mol. The number of hydrogen-bond donors (Lipinski definition) is 16. The predicted molar refractivity (Wildman–Crippen MR) is 312 cm³/mol. The van der Waals surface area contributed by atoms with Gasteiger partial charge in [0.05, 0.1) is 6.33 Å². The van der Waals surface area contributed by atoms with Gasteiger partial charge in [0.15, 0.2) is 5.96 Å². The van der Waals surface area contributed by atoms with Crippen molar-refractivity contribution in [1.82, 2.24) is 67.7 Å². The number of fused-ring (bicyclic) bond motifs is 1. The lowest BCUT2D eigenvalue weighted by atomic mass is 10.0. The lowest BCUT2D eigenvalue weighted by Crippen LogP contribution is -2.61. The molecule has 3 heterocycles. The summed E-state index contributed by atoms with van der Waals surface area (Å²) in [5.74, 6) is -7.80. The molecule has 11 amide bonds. The van der Waals surface area contributed by atoms with Gasteiger partial charge in [-0.3, -0.25) is 48.6 Å². The van der Waals surface area contributed by atoms with Gasteiger partial charge in [0, 0.05) is 66.3 Å². The summed E-state index contributed by atoms with van der Waals surface area (Å²) < 4.78 is 0. The highest BCUT2D eigenvalue weighted by atomic mass is 32.1. The summed E-state index contributed by atoms with van der Waals surface area (Å²) in [7, 11) is 0. The van der Waals surface area contributed by atoms with E-state index in [0.29, 0.717) is 36.1 Å². The Balaban J connectivity index is 1.36. The molecule has 9 atom stereocenters. The first-order valence-corrected chi connectivity index (χ1v) is 28.3. The topological polar surface area (TPSA) is 403 Å². The molecule has 1 aliphatic rings. The van der Waals surface area contributed by atoms with E-state index in [1.807, 2.05) is 39.0 Å². The van der Waals surface area contributed by atoms with E-state index in [-0.39, 0.29) is 68.5 Å². The van der Waals surface area contributed by atoms with E-state index >= 15 is 0 Å². The van der Waals surface area contributed by atoms with Crippen LogP contribution in [0.25, 0.3) is 10.9 Å². The van der Waals surface area contributed by atoms with Gasteiger partial charge in [-0.2, -0.15) is 25.3 Å². The van der Waals surface area contributed by atoms with Crippen LogP contribution in [0.15, 0.2) is 73.3 Å². The van der Waals surface area contributed by atoms with Crippen LogP contribution in [0.5, 0.6) is 0 Å². The number of H-pyrrole nitrogens is 2. The number of aromatic amines is 2. The Kier molecular flexibility index (Phi) is 25.0. The van der Waals surface area contributed by atoms with E-state index in [0.717, 1.165) is 15.8 Å². The fourth-order valence-electron chi connectivity index (χ4n) is 9.10. The molecule has 4 aromatic rings.